The van der Waals surface area contributed by atoms with E-state index >= 15 is 0 Å². The van der Waals surface area contributed by atoms with E-state index in [2.05, 4.69) is 6.92 Å². The summed E-state index contributed by atoms with van der Waals surface area (Å²) in [7, 11) is 1.65. The van der Waals surface area contributed by atoms with Gasteiger partial charge in [0.05, 0.1) is 13.7 Å². The Balaban J connectivity index is 1.96. The lowest BCUT2D eigenvalue weighted by atomic mass is 9.78. The number of methoxy groups -OCH3 is 1. The number of hydrogen-bond donors (Lipinski definition) is 2. The van der Waals surface area contributed by atoms with Crippen LogP contribution in [0.15, 0.2) is 42.0 Å². The summed E-state index contributed by atoms with van der Waals surface area (Å²) in [6, 6.07) is 11.5. The number of carbonyl (C=O) groups is 1. The number of nitrogens with one attached hydrogen (secondary N) is 1. The fourth-order valence-electron chi connectivity index (χ4n) is 4.91. The van der Waals surface area contributed by atoms with Crippen LogP contribution in [0.4, 0.5) is 0 Å². The van der Waals surface area contributed by atoms with Gasteiger partial charge in [-0.1, -0.05) is 73.1 Å². The minimum Gasteiger partial charge on any atom is -0.507 e. The highest BCUT2D eigenvalue weighted by Gasteiger charge is 2.34. The van der Waals surface area contributed by atoms with Crippen LogP contribution in [0, 0.1) is 11.3 Å². The Morgan fingerprint density at radius 3 is 2.22 bits per heavy atom. The molecule has 36 heavy (non-hydrogen) atoms. The first-order valence-electron chi connectivity index (χ1n) is 12.9. The maximum atomic E-state index is 13.6. The van der Waals surface area contributed by atoms with Gasteiger partial charge in [0.1, 0.15) is 17.3 Å². The molecule has 2 aromatic rings. The number of hydrogen-bond acceptors (Lipinski definition) is 4. The number of carbonyl (C=O) groups excluding carboxylic acids is 1. The van der Waals surface area contributed by atoms with Gasteiger partial charge in [0.25, 0.3) is 0 Å². The van der Waals surface area contributed by atoms with E-state index in [-0.39, 0.29) is 34.8 Å². The molecule has 5 heteroatoms. The third kappa shape index (κ3) is 5.83. The van der Waals surface area contributed by atoms with Gasteiger partial charge in [-0.2, -0.15) is 0 Å². The Morgan fingerprint density at radius 2 is 1.69 bits per heavy atom. The summed E-state index contributed by atoms with van der Waals surface area (Å²) < 4.78 is 5.52. The van der Waals surface area contributed by atoms with Gasteiger partial charge in [-0.25, -0.2) is 0 Å². The Morgan fingerprint density at radius 1 is 1.11 bits per heavy atom. The predicted molar refractivity (Wildman–Crippen MR) is 149 cm³/mol. The zero-order valence-corrected chi connectivity index (χ0v) is 23.2. The van der Waals surface area contributed by atoms with Crippen LogP contribution in [0.3, 0.4) is 0 Å². The highest BCUT2D eigenvalue weighted by atomic mass is 16.5. The number of para-hydroxylation sites is 1. The fraction of sp³-hybridized carbons (Fsp3) is 0.484. The van der Waals surface area contributed by atoms with Crippen LogP contribution in [0.5, 0.6) is 11.5 Å². The van der Waals surface area contributed by atoms with Gasteiger partial charge in [-0.05, 0) is 47.1 Å². The molecule has 0 aromatic heterocycles. The molecule has 1 fully saturated rings. The number of amidine groups is 1. The van der Waals surface area contributed by atoms with Crippen molar-refractivity contribution >= 4 is 17.7 Å². The monoisotopic (exact) mass is 490 g/mol. The minimum atomic E-state index is -0.308. The van der Waals surface area contributed by atoms with Gasteiger partial charge >= 0.3 is 0 Å². The van der Waals surface area contributed by atoms with Crippen LogP contribution < -0.4 is 4.74 Å². The second-order valence-electron chi connectivity index (χ2n) is 11.9. The summed E-state index contributed by atoms with van der Waals surface area (Å²) in [5.41, 5.74) is 3.41. The number of aromatic hydroxyl groups is 1. The number of phenols is 1. The minimum absolute atomic E-state index is 0.0375. The lowest BCUT2D eigenvalue weighted by molar-refractivity contribution is 0.0963. The number of phenolic OH excluding ortho intramolecular Hbond substituents is 1. The number of ketones is 1. The summed E-state index contributed by atoms with van der Waals surface area (Å²) in [6.45, 7) is 15.2. The van der Waals surface area contributed by atoms with Crippen LogP contribution in [0.1, 0.15) is 88.4 Å². The summed E-state index contributed by atoms with van der Waals surface area (Å²) >= 11 is 0. The van der Waals surface area contributed by atoms with Gasteiger partial charge in [0.15, 0.2) is 5.78 Å². The molecule has 0 bridgehead atoms. The normalized spacial score (nSPS) is 17.7. The highest BCUT2D eigenvalue weighted by molar-refractivity contribution is 6.06. The summed E-state index contributed by atoms with van der Waals surface area (Å²) in [4.78, 5) is 15.5. The summed E-state index contributed by atoms with van der Waals surface area (Å²) in [5.74, 6) is 1.60. The maximum absolute atomic E-state index is 13.6. The molecular formula is C31H42N2O3. The number of nitrogens with zero attached hydrogens (tertiary/aromatic N) is 1. The van der Waals surface area contributed by atoms with Crippen LogP contribution in [0.25, 0.3) is 6.08 Å². The van der Waals surface area contributed by atoms with Crippen LogP contribution in [-0.2, 0) is 10.8 Å². The molecule has 1 atom stereocenters. The molecule has 1 aliphatic rings. The van der Waals surface area contributed by atoms with Crippen molar-refractivity contribution in [1.29, 1.82) is 5.41 Å². The fourth-order valence-corrected chi connectivity index (χ4v) is 4.91. The van der Waals surface area contributed by atoms with E-state index < -0.39 is 0 Å². The second-order valence-corrected chi connectivity index (χ2v) is 11.9. The largest absolute Gasteiger partial charge is 0.507 e. The first-order valence-corrected chi connectivity index (χ1v) is 12.9. The van der Waals surface area contributed by atoms with Gasteiger partial charge < -0.3 is 14.7 Å². The standard InChI is InChI=1S/C31H42N2O3/c1-9-12-21-18-33(29(32)23(21)15-20-13-10-11-14-27(20)36-8)19-26(34)22-16-24(30(2,3)4)28(35)25(17-22)31(5,6)7/h10-11,13-17,21,32,35H,9,12,18-19H2,1-8H3/b23-15+,32-29?. The van der Waals surface area contributed by atoms with Crippen molar-refractivity contribution in [3.05, 3.63) is 64.2 Å². The molecule has 1 aliphatic heterocycles. The molecular weight excluding hydrogens is 448 g/mol. The van der Waals surface area contributed by atoms with Gasteiger partial charge in [-0.3, -0.25) is 10.2 Å². The van der Waals surface area contributed by atoms with E-state index in [1.165, 1.54) is 0 Å². The smallest absolute Gasteiger partial charge is 0.182 e. The van der Waals surface area contributed by atoms with Crippen molar-refractivity contribution in [2.75, 3.05) is 20.2 Å². The van der Waals surface area contributed by atoms with Gasteiger partial charge in [0.2, 0.25) is 0 Å². The van der Waals surface area contributed by atoms with Gasteiger partial charge in [0, 0.05) is 34.7 Å². The molecule has 194 valence electrons. The molecule has 0 spiro atoms. The van der Waals surface area contributed by atoms with E-state index in [4.69, 9.17) is 10.1 Å². The van der Waals surface area contributed by atoms with Crippen molar-refractivity contribution < 1.29 is 14.6 Å². The van der Waals surface area contributed by atoms with Crippen molar-refractivity contribution in [2.24, 2.45) is 5.92 Å². The molecule has 1 saturated heterocycles. The SMILES string of the molecule is CCCC1CN(CC(=O)c2cc(C(C)(C)C)c(O)c(C(C)(C)C)c2)C(=N)/C1=C/c1ccccc1OC. The first-order chi connectivity index (χ1) is 16.8. The molecule has 0 aliphatic carbocycles. The van der Waals surface area contributed by atoms with Crippen LogP contribution in [0.2, 0.25) is 0 Å². The second kappa shape index (κ2) is 10.5. The molecule has 3 rings (SSSR count). The van der Waals surface area contributed by atoms with E-state index in [9.17, 15) is 9.90 Å². The van der Waals surface area contributed by atoms with Crippen molar-refractivity contribution in [1.82, 2.24) is 4.90 Å². The Hall–Kier alpha value is -3.08. The number of Topliss-reactive ketones (excluding diaryl/α,β-unsaturated/α-hetero) is 1. The van der Waals surface area contributed by atoms with Crippen molar-refractivity contribution in [3.63, 3.8) is 0 Å². The van der Waals surface area contributed by atoms with Crippen LogP contribution >= 0.6 is 0 Å². The molecule has 0 saturated carbocycles. The topological polar surface area (TPSA) is 73.6 Å². The number of ether oxygens (including phenoxy) is 1. The predicted octanol–water partition coefficient (Wildman–Crippen LogP) is 6.97. The average molecular weight is 491 g/mol. The number of likely N-dealkylation sites (tertiary alicyclic amines) is 1. The molecule has 0 radical (unpaired) electrons. The van der Waals surface area contributed by atoms with E-state index in [1.807, 2.05) is 88.9 Å². The van der Waals surface area contributed by atoms with Crippen molar-refractivity contribution in [2.45, 2.75) is 72.1 Å². The third-order valence-electron chi connectivity index (χ3n) is 6.94. The molecule has 2 N–H and O–H groups in total. The van der Waals surface area contributed by atoms with Crippen LogP contribution in [-0.4, -0.2) is 41.8 Å². The summed E-state index contributed by atoms with van der Waals surface area (Å²) in [5, 5.41) is 20.0. The van der Waals surface area contributed by atoms with Gasteiger partial charge in [-0.15, -0.1) is 0 Å². The lowest BCUT2D eigenvalue weighted by Crippen LogP contribution is -2.31. The number of rotatable bonds is 7. The third-order valence-corrected chi connectivity index (χ3v) is 6.94. The average Bonchev–Trinajstić information content (AvgIpc) is 3.07. The van der Waals surface area contributed by atoms with E-state index in [0.29, 0.717) is 17.9 Å². The maximum Gasteiger partial charge on any atom is 0.182 e. The molecule has 0 amide bonds. The first kappa shape index (κ1) is 27.5. The lowest BCUT2D eigenvalue weighted by Gasteiger charge is -2.28. The Labute approximate surface area is 216 Å². The Bertz CT molecular complexity index is 1130. The van der Waals surface area contributed by atoms with Crippen molar-refractivity contribution in [3.8, 4) is 11.5 Å². The van der Waals surface area contributed by atoms with E-state index in [0.717, 1.165) is 40.9 Å². The quantitative estimate of drug-likeness (QED) is 0.411. The zero-order chi connectivity index (χ0) is 26.8. The molecule has 5 nitrogen and oxygen atoms in total. The zero-order valence-electron chi connectivity index (χ0n) is 23.2. The van der Waals surface area contributed by atoms with E-state index in [1.54, 1.807) is 7.11 Å². The number of benzene rings is 2. The highest BCUT2D eigenvalue weighted by Crippen LogP contribution is 2.40. The summed E-state index contributed by atoms with van der Waals surface area (Å²) in [6.07, 6.45) is 4.00. The molecule has 1 unspecified atom stereocenters. The molecule has 1 heterocycles. The Kier molecular flexibility index (Phi) is 8.02. The molecule has 2 aromatic carbocycles.